The van der Waals surface area contributed by atoms with E-state index in [1.54, 1.807) is 0 Å². The van der Waals surface area contributed by atoms with Crippen molar-refractivity contribution >= 4 is 6.09 Å². The van der Waals surface area contributed by atoms with E-state index in [9.17, 15) is 9.90 Å². The van der Waals surface area contributed by atoms with Gasteiger partial charge in [-0.3, -0.25) is 0 Å². The van der Waals surface area contributed by atoms with Gasteiger partial charge in [-0.25, -0.2) is 4.79 Å². The normalized spacial score (nSPS) is 25.9. The minimum absolute atomic E-state index is 0.203. The second-order valence-electron chi connectivity index (χ2n) is 8.52. The topological polar surface area (TPSA) is 61.8 Å². The maximum atomic E-state index is 12.2. The molecule has 1 amide bonds. The van der Waals surface area contributed by atoms with E-state index in [0.29, 0.717) is 25.0 Å². The minimum Gasteiger partial charge on any atom is -0.444 e. The van der Waals surface area contributed by atoms with Crippen molar-refractivity contribution in [2.45, 2.75) is 78.6 Å². The van der Waals surface area contributed by atoms with Crippen molar-refractivity contribution in [2.24, 2.45) is 11.8 Å². The van der Waals surface area contributed by atoms with Gasteiger partial charge in [0.15, 0.2) is 0 Å². The lowest BCUT2D eigenvalue weighted by Crippen LogP contribution is -2.47. The number of amides is 1. The summed E-state index contributed by atoms with van der Waals surface area (Å²) in [5.74, 6) is 0.666. The van der Waals surface area contributed by atoms with Gasteiger partial charge in [0, 0.05) is 25.7 Å². The third-order valence-electron chi connectivity index (χ3n) is 4.87. The van der Waals surface area contributed by atoms with Gasteiger partial charge < -0.3 is 20.1 Å². The molecule has 0 saturated carbocycles. The van der Waals surface area contributed by atoms with E-state index in [4.69, 9.17) is 4.74 Å². The number of carbonyl (C=O) groups excluding carboxylic acids is 1. The Kier molecular flexibility index (Phi) is 6.90. The molecule has 0 unspecified atom stereocenters. The smallest absolute Gasteiger partial charge is 0.410 e. The Morgan fingerprint density at radius 3 is 2.35 bits per heavy atom. The molecule has 2 N–H and O–H groups in total. The number of hydrogen-bond donors (Lipinski definition) is 2. The summed E-state index contributed by atoms with van der Waals surface area (Å²) in [6.07, 6.45) is 1.61. The highest BCUT2D eigenvalue weighted by atomic mass is 16.6. The Morgan fingerprint density at radius 1 is 1.26 bits per heavy atom. The summed E-state index contributed by atoms with van der Waals surface area (Å²) >= 11 is 0. The zero-order valence-corrected chi connectivity index (χ0v) is 16.0. The molecular formula is C18H36N2O3. The number of rotatable bonds is 4. The molecule has 5 nitrogen and oxygen atoms in total. The van der Waals surface area contributed by atoms with Crippen LogP contribution in [-0.4, -0.2) is 53.0 Å². The van der Waals surface area contributed by atoms with E-state index in [1.165, 1.54) is 0 Å². The third kappa shape index (κ3) is 6.68. The molecule has 0 bridgehead atoms. The molecule has 3 atom stereocenters. The first kappa shape index (κ1) is 20.2. The van der Waals surface area contributed by atoms with Crippen LogP contribution in [0.4, 0.5) is 4.79 Å². The van der Waals surface area contributed by atoms with Gasteiger partial charge in [0.1, 0.15) is 5.60 Å². The first-order chi connectivity index (χ1) is 10.4. The van der Waals surface area contributed by atoms with Gasteiger partial charge in [0.2, 0.25) is 0 Å². The van der Waals surface area contributed by atoms with E-state index in [-0.39, 0.29) is 12.0 Å². The van der Waals surface area contributed by atoms with Gasteiger partial charge in [0.05, 0.1) is 5.60 Å². The highest BCUT2D eigenvalue weighted by molar-refractivity contribution is 5.68. The Labute approximate surface area is 141 Å². The van der Waals surface area contributed by atoms with Crippen LogP contribution >= 0.6 is 0 Å². The molecule has 1 saturated heterocycles. The molecule has 0 aliphatic carbocycles. The molecule has 0 aromatic rings. The molecule has 1 heterocycles. The zero-order valence-electron chi connectivity index (χ0n) is 16.0. The second-order valence-corrected chi connectivity index (χ2v) is 8.52. The molecule has 1 fully saturated rings. The van der Waals surface area contributed by atoms with Crippen LogP contribution in [0.5, 0.6) is 0 Å². The monoisotopic (exact) mass is 328 g/mol. The van der Waals surface area contributed by atoms with E-state index in [1.807, 2.05) is 46.4 Å². The lowest BCUT2D eigenvalue weighted by atomic mass is 9.90. The fourth-order valence-electron chi connectivity index (χ4n) is 2.61. The first-order valence-electron chi connectivity index (χ1n) is 8.86. The molecule has 136 valence electrons. The number of likely N-dealkylation sites (tertiary alicyclic amines) is 1. The van der Waals surface area contributed by atoms with Crippen LogP contribution in [0.1, 0.15) is 61.3 Å². The van der Waals surface area contributed by atoms with Crippen LogP contribution in [0, 0.1) is 11.8 Å². The van der Waals surface area contributed by atoms with Gasteiger partial charge in [0.25, 0.3) is 0 Å². The molecule has 0 aromatic carbocycles. The summed E-state index contributed by atoms with van der Waals surface area (Å²) in [5, 5.41) is 13.9. The van der Waals surface area contributed by atoms with Crippen molar-refractivity contribution in [1.82, 2.24) is 10.2 Å². The fraction of sp³-hybridized carbons (Fsp3) is 0.944. The van der Waals surface area contributed by atoms with Gasteiger partial charge in [-0.2, -0.15) is 0 Å². The average molecular weight is 328 g/mol. The molecule has 23 heavy (non-hydrogen) atoms. The standard InChI is InChI=1S/C18H36N2O3/c1-13(2)18(7,22)12-19-15-9-11-20(10-8-14(15)3)16(21)23-17(4,5)6/h13-15,19,22H,8-12H2,1-7H3/t14-,15-,18+/m1/s1. The Bertz CT molecular complexity index is 388. The molecule has 0 aromatic heterocycles. The molecular weight excluding hydrogens is 292 g/mol. The van der Waals surface area contributed by atoms with Crippen LogP contribution in [0.2, 0.25) is 0 Å². The predicted octanol–water partition coefficient (Wildman–Crippen LogP) is 3.02. The van der Waals surface area contributed by atoms with Crippen molar-refractivity contribution in [3.63, 3.8) is 0 Å². The summed E-state index contributed by atoms with van der Waals surface area (Å²) in [6.45, 7) is 15.8. The van der Waals surface area contributed by atoms with Crippen molar-refractivity contribution in [3.05, 3.63) is 0 Å². The number of nitrogens with zero attached hydrogens (tertiary/aromatic N) is 1. The summed E-state index contributed by atoms with van der Waals surface area (Å²) in [6, 6.07) is 0.313. The maximum absolute atomic E-state index is 12.2. The number of ether oxygens (including phenoxy) is 1. The lowest BCUT2D eigenvalue weighted by molar-refractivity contribution is 0.00982. The van der Waals surface area contributed by atoms with E-state index in [2.05, 4.69) is 12.2 Å². The highest BCUT2D eigenvalue weighted by Gasteiger charge is 2.31. The van der Waals surface area contributed by atoms with Gasteiger partial charge in [-0.15, -0.1) is 0 Å². The van der Waals surface area contributed by atoms with Crippen LogP contribution in [-0.2, 0) is 4.74 Å². The van der Waals surface area contributed by atoms with Gasteiger partial charge in [-0.05, 0) is 52.4 Å². The zero-order chi connectivity index (χ0) is 17.8. The van der Waals surface area contributed by atoms with Crippen LogP contribution in [0.3, 0.4) is 0 Å². The van der Waals surface area contributed by atoms with Gasteiger partial charge in [-0.1, -0.05) is 20.8 Å². The van der Waals surface area contributed by atoms with Crippen LogP contribution in [0.15, 0.2) is 0 Å². The molecule has 1 aliphatic rings. The number of aliphatic hydroxyl groups is 1. The van der Waals surface area contributed by atoms with Crippen molar-refractivity contribution in [2.75, 3.05) is 19.6 Å². The number of nitrogens with one attached hydrogen (secondary N) is 1. The summed E-state index contributed by atoms with van der Waals surface area (Å²) < 4.78 is 5.48. The summed E-state index contributed by atoms with van der Waals surface area (Å²) in [5.41, 5.74) is -1.17. The highest BCUT2D eigenvalue weighted by Crippen LogP contribution is 2.21. The second kappa shape index (κ2) is 7.84. The van der Waals surface area contributed by atoms with Crippen molar-refractivity contribution in [1.29, 1.82) is 0 Å². The fourth-order valence-corrected chi connectivity index (χ4v) is 2.61. The Hall–Kier alpha value is -0.810. The van der Waals surface area contributed by atoms with Crippen LogP contribution < -0.4 is 5.32 Å². The Balaban J connectivity index is 2.56. The Morgan fingerprint density at radius 2 is 1.83 bits per heavy atom. The minimum atomic E-state index is -0.711. The molecule has 0 spiro atoms. The van der Waals surface area contributed by atoms with E-state index >= 15 is 0 Å². The first-order valence-corrected chi connectivity index (χ1v) is 8.86. The molecule has 5 heteroatoms. The number of carbonyl (C=O) groups is 1. The predicted molar refractivity (Wildman–Crippen MR) is 93.5 cm³/mol. The quantitative estimate of drug-likeness (QED) is 0.833. The summed E-state index contributed by atoms with van der Waals surface area (Å²) in [7, 11) is 0. The van der Waals surface area contributed by atoms with E-state index in [0.717, 1.165) is 19.4 Å². The third-order valence-corrected chi connectivity index (χ3v) is 4.87. The van der Waals surface area contributed by atoms with E-state index < -0.39 is 11.2 Å². The average Bonchev–Trinajstić information content (AvgIpc) is 2.56. The molecule has 1 aliphatic heterocycles. The molecule has 0 radical (unpaired) electrons. The van der Waals surface area contributed by atoms with Gasteiger partial charge >= 0.3 is 6.09 Å². The summed E-state index contributed by atoms with van der Waals surface area (Å²) in [4.78, 5) is 14.0. The SMILES string of the molecule is CC(C)[C@@](C)(O)CN[C@@H]1CCN(C(=O)OC(C)(C)C)CC[C@H]1C. The number of hydrogen-bond acceptors (Lipinski definition) is 4. The van der Waals surface area contributed by atoms with Crippen molar-refractivity contribution in [3.8, 4) is 0 Å². The maximum Gasteiger partial charge on any atom is 0.410 e. The largest absolute Gasteiger partial charge is 0.444 e. The van der Waals surface area contributed by atoms with Crippen molar-refractivity contribution < 1.29 is 14.6 Å². The molecule has 1 rings (SSSR count). The lowest BCUT2D eigenvalue weighted by Gasteiger charge is -2.32. The van der Waals surface area contributed by atoms with Crippen LogP contribution in [0.25, 0.3) is 0 Å².